The van der Waals surface area contributed by atoms with E-state index in [4.69, 9.17) is 0 Å². The fraction of sp³-hybridized carbons (Fsp3) is 1.00. The first kappa shape index (κ1) is 33.0. The van der Waals surface area contributed by atoms with Crippen molar-refractivity contribution in [3.05, 3.63) is 0 Å². The second-order valence-corrected chi connectivity index (χ2v) is 9.70. The molecule has 0 N–H and O–H groups in total. The Hall–Kier alpha value is -0.200. The summed E-state index contributed by atoms with van der Waals surface area (Å²) in [5.41, 5.74) is 0. The molecular weight excluding hydrogens is 382 g/mol. The topological polar surface area (TPSA) is 16.0 Å². The van der Waals surface area contributed by atoms with E-state index in [1.807, 2.05) is 0 Å². The van der Waals surface area contributed by atoms with Crippen molar-refractivity contribution in [2.24, 2.45) is 0 Å². The summed E-state index contributed by atoms with van der Waals surface area (Å²) < 4.78 is 0. The van der Waals surface area contributed by atoms with Gasteiger partial charge in [-0.25, -0.2) is 0 Å². The maximum absolute atomic E-state index is 2.39. The Labute approximate surface area is 198 Å². The smallest absolute Gasteiger partial charge is 0.0107 e. The summed E-state index contributed by atoms with van der Waals surface area (Å²) in [4.78, 5) is 11.7. The summed E-state index contributed by atoms with van der Waals surface area (Å²) in [5, 5.41) is 0. The summed E-state index contributed by atoms with van der Waals surface area (Å²) in [7, 11) is 10.8. The average molecular weight is 444 g/mol. The number of rotatable bonds is 0. The predicted octanol–water partition coefficient (Wildman–Crippen LogP) is 4.44. The van der Waals surface area contributed by atoms with Crippen LogP contribution >= 0.6 is 0 Å². The predicted molar refractivity (Wildman–Crippen MR) is 142 cm³/mol. The van der Waals surface area contributed by atoms with Gasteiger partial charge in [0.1, 0.15) is 0 Å². The van der Waals surface area contributed by atoms with Crippen LogP contribution in [-0.4, -0.2) is 125 Å². The molecule has 5 fully saturated rings. The van der Waals surface area contributed by atoms with E-state index in [9.17, 15) is 0 Å². The Morgan fingerprint density at radius 3 is 0.484 bits per heavy atom. The zero-order chi connectivity index (χ0) is 21.3. The van der Waals surface area contributed by atoms with Crippen LogP contribution in [0.3, 0.4) is 0 Å². The van der Waals surface area contributed by atoms with Crippen molar-refractivity contribution in [1.82, 2.24) is 24.5 Å². The number of piperidine rings is 2. The minimum atomic E-state index is 0. The number of hydrogen-bond acceptors (Lipinski definition) is 5. The van der Waals surface area contributed by atoms with Gasteiger partial charge >= 0.3 is 0 Å². The van der Waals surface area contributed by atoms with Gasteiger partial charge in [-0.3, -0.25) is 0 Å². The number of hydrogen-bond donors (Lipinski definition) is 0. The highest BCUT2D eigenvalue weighted by Gasteiger charge is 2.07. The van der Waals surface area contributed by atoms with Crippen LogP contribution in [0.5, 0.6) is 0 Å². The van der Waals surface area contributed by atoms with Crippen LogP contribution in [-0.2, 0) is 0 Å². The molecular formula is C26H61N5. The largest absolute Gasteiger partial charge is 0.306 e. The van der Waals surface area contributed by atoms with Crippen molar-refractivity contribution in [3.8, 4) is 0 Å². The van der Waals surface area contributed by atoms with Crippen LogP contribution in [0.4, 0.5) is 0 Å². The minimum Gasteiger partial charge on any atom is -0.306 e. The van der Waals surface area contributed by atoms with Gasteiger partial charge in [-0.05, 0) is 133 Å². The second-order valence-electron chi connectivity index (χ2n) is 9.70. The fourth-order valence-corrected chi connectivity index (χ4v) is 3.55. The standard InChI is InChI=1S/2C6H13N.C5H11N.C4H9N.C3H7N.2CH4/c2*1-7-5-3-2-4-6-7;1-6-4-2-3-5-6;1-5-3-2-4-5;1-4-2-3-4;;/h2*2-6H2,1H3;2-5H2,1H3;2-4H2,1H3;2-3H2,1H3;2*1H4. The molecule has 0 radical (unpaired) electrons. The van der Waals surface area contributed by atoms with Gasteiger partial charge in [-0.15, -0.1) is 0 Å². The molecule has 0 atom stereocenters. The van der Waals surface area contributed by atoms with Crippen LogP contribution in [0.25, 0.3) is 0 Å². The summed E-state index contributed by atoms with van der Waals surface area (Å²) in [6.45, 7) is 13.2. The first-order valence-corrected chi connectivity index (χ1v) is 12.4. The number of nitrogens with zero attached hydrogens (tertiary/aromatic N) is 5. The monoisotopic (exact) mass is 443 g/mol. The van der Waals surface area contributed by atoms with Crippen LogP contribution in [0.1, 0.15) is 72.6 Å². The van der Waals surface area contributed by atoms with Crippen molar-refractivity contribution in [2.75, 3.05) is 101 Å². The lowest BCUT2D eigenvalue weighted by Gasteiger charge is -2.24. The van der Waals surface area contributed by atoms with E-state index in [-0.39, 0.29) is 14.9 Å². The Morgan fingerprint density at radius 1 is 0.258 bits per heavy atom. The Balaban J connectivity index is 0. The first-order valence-electron chi connectivity index (χ1n) is 12.4. The quantitative estimate of drug-likeness (QED) is 0.513. The van der Waals surface area contributed by atoms with Crippen molar-refractivity contribution < 1.29 is 0 Å². The normalized spacial score (nSPS) is 23.9. The number of likely N-dealkylation sites (N-methyl/N-ethyl adjacent to an activating group) is 1. The lowest BCUT2D eigenvalue weighted by Crippen LogP contribution is -2.32. The zero-order valence-corrected chi connectivity index (χ0v) is 20.7. The molecule has 0 unspecified atom stereocenters. The third-order valence-electron chi connectivity index (χ3n) is 6.24. The second kappa shape index (κ2) is 21.6. The van der Waals surface area contributed by atoms with Gasteiger partial charge in [0.05, 0.1) is 0 Å². The molecule has 0 amide bonds. The van der Waals surface area contributed by atoms with Crippen LogP contribution in [0, 0.1) is 0 Å². The third kappa shape index (κ3) is 22.8. The van der Waals surface area contributed by atoms with Crippen molar-refractivity contribution >= 4 is 0 Å². The third-order valence-corrected chi connectivity index (χ3v) is 6.24. The van der Waals surface area contributed by atoms with E-state index in [0.29, 0.717) is 0 Å². The number of likely N-dealkylation sites (tertiary alicyclic amines) is 4. The van der Waals surface area contributed by atoms with Gasteiger partial charge < -0.3 is 24.5 Å². The Bertz CT molecular complexity index is 324. The van der Waals surface area contributed by atoms with E-state index < -0.39 is 0 Å². The van der Waals surface area contributed by atoms with Crippen LogP contribution in [0.15, 0.2) is 0 Å². The molecule has 0 aliphatic carbocycles. The minimum absolute atomic E-state index is 0. The molecule has 0 spiro atoms. The highest BCUT2D eigenvalue weighted by Crippen LogP contribution is 2.05. The first-order chi connectivity index (χ1) is 14.0. The van der Waals surface area contributed by atoms with Gasteiger partial charge in [-0.1, -0.05) is 27.7 Å². The van der Waals surface area contributed by atoms with Crippen LogP contribution < -0.4 is 0 Å². The van der Waals surface area contributed by atoms with Gasteiger partial charge in [-0.2, -0.15) is 0 Å². The van der Waals surface area contributed by atoms with Gasteiger partial charge in [0, 0.05) is 13.1 Å². The Morgan fingerprint density at radius 2 is 0.419 bits per heavy atom. The molecule has 0 aromatic heterocycles. The molecule has 5 heterocycles. The lowest BCUT2D eigenvalue weighted by atomic mass is 10.1. The van der Waals surface area contributed by atoms with E-state index in [1.165, 1.54) is 123 Å². The van der Waals surface area contributed by atoms with E-state index in [0.717, 1.165) is 0 Å². The summed E-state index contributed by atoms with van der Waals surface area (Å²) in [6, 6.07) is 0. The maximum Gasteiger partial charge on any atom is 0.0107 e. The highest BCUT2D eigenvalue weighted by atomic mass is 15.2. The SMILES string of the molecule is C.C.CN1CC1.CN1CCC1.CN1CCCC1.CN1CCCCC1.CN1CCCCC1. The molecule has 5 aliphatic heterocycles. The van der Waals surface area contributed by atoms with Crippen LogP contribution in [0.2, 0.25) is 0 Å². The maximum atomic E-state index is 2.39. The average Bonchev–Trinajstić information content (AvgIpc) is 3.33. The summed E-state index contributed by atoms with van der Waals surface area (Å²) in [6.07, 6.45) is 12.8. The molecule has 0 aromatic rings. The molecule has 5 saturated heterocycles. The van der Waals surface area contributed by atoms with Crippen molar-refractivity contribution in [2.45, 2.75) is 72.6 Å². The molecule has 5 nitrogen and oxygen atoms in total. The molecule has 0 bridgehead atoms. The highest BCUT2D eigenvalue weighted by molar-refractivity contribution is 4.64. The summed E-state index contributed by atoms with van der Waals surface area (Å²) >= 11 is 0. The molecule has 0 saturated carbocycles. The lowest BCUT2D eigenvalue weighted by molar-refractivity contribution is 0.229. The van der Waals surface area contributed by atoms with Crippen molar-refractivity contribution in [1.29, 1.82) is 0 Å². The molecule has 190 valence electrons. The molecule has 31 heavy (non-hydrogen) atoms. The molecule has 5 rings (SSSR count). The molecule has 0 aromatic carbocycles. The van der Waals surface area contributed by atoms with Gasteiger partial charge in [0.15, 0.2) is 0 Å². The van der Waals surface area contributed by atoms with E-state index in [1.54, 1.807) is 0 Å². The molecule has 5 aliphatic rings. The van der Waals surface area contributed by atoms with Crippen molar-refractivity contribution in [3.63, 3.8) is 0 Å². The van der Waals surface area contributed by atoms with Gasteiger partial charge in [0.25, 0.3) is 0 Å². The van der Waals surface area contributed by atoms with E-state index >= 15 is 0 Å². The van der Waals surface area contributed by atoms with Gasteiger partial charge in [0.2, 0.25) is 0 Å². The summed E-state index contributed by atoms with van der Waals surface area (Å²) in [5.74, 6) is 0. The fourth-order valence-electron chi connectivity index (χ4n) is 3.55. The Kier molecular flexibility index (Phi) is 23.0. The molecule has 5 heteroatoms. The zero-order valence-electron chi connectivity index (χ0n) is 20.7. The van der Waals surface area contributed by atoms with E-state index in [2.05, 4.69) is 59.7 Å².